The minimum absolute atomic E-state index is 0.00354. The SMILES string of the molecule is O=C(CN1CCCCCOc2ccccc2N(CC(=O)N2CCCC2)c2cncc(c2)C1=O)N1CCCC1. The Hall–Kier alpha value is -3.62. The Morgan fingerprint density at radius 2 is 1.45 bits per heavy atom. The molecule has 9 heteroatoms. The van der Waals surface area contributed by atoms with Gasteiger partial charge in [-0.05, 0) is 63.1 Å². The fourth-order valence-electron chi connectivity index (χ4n) is 5.44. The van der Waals surface area contributed by atoms with Gasteiger partial charge in [0.1, 0.15) is 18.8 Å². The molecule has 0 radical (unpaired) electrons. The molecular formula is C29H37N5O4. The van der Waals surface area contributed by atoms with Gasteiger partial charge in [0.05, 0.1) is 29.7 Å². The van der Waals surface area contributed by atoms with Crippen molar-refractivity contribution in [2.75, 3.05) is 57.3 Å². The fourth-order valence-corrected chi connectivity index (χ4v) is 5.44. The van der Waals surface area contributed by atoms with E-state index in [-0.39, 0.29) is 30.8 Å². The van der Waals surface area contributed by atoms with Crippen LogP contribution in [0.25, 0.3) is 0 Å². The molecule has 1 aromatic carbocycles. The lowest BCUT2D eigenvalue weighted by Crippen LogP contribution is -2.42. The molecule has 2 saturated heterocycles. The second kappa shape index (κ2) is 12.3. The molecular weight excluding hydrogens is 482 g/mol. The monoisotopic (exact) mass is 519 g/mol. The van der Waals surface area contributed by atoms with Gasteiger partial charge in [0.25, 0.3) is 5.91 Å². The maximum Gasteiger partial charge on any atom is 0.255 e. The Morgan fingerprint density at radius 3 is 2.18 bits per heavy atom. The number of anilines is 2. The first kappa shape index (κ1) is 26.0. The summed E-state index contributed by atoms with van der Waals surface area (Å²) in [4.78, 5) is 51.6. The van der Waals surface area contributed by atoms with E-state index in [0.717, 1.165) is 76.8 Å². The molecule has 202 valence electrons. The van der Waals surface area contributed by atoms with E-state index in [1.165, 1.54) is 0 Å². The summed E-state index contributed by atoms with van der Waals surface area (Å²) < 4.78 is 6.19. The number of benzene rings is 1. The number of hydrogen-bond donors (Lipinski definition) is 0. The van der Waals surface area contributed by atoms with Crippen LogP contribution in [0.2, 0.25) is 0 Å². The number of pyridine rings is 1. The molecule has 2 fully saturated rings. The van der Waals surface area contributed by atoms with E-state index >= 15 is 0 Å². The summed E-state index contributed by atoms with van der Waals surface area (Å²) in [5.74, 6) is 0.525. The predicted octanol–water partition coefficient (Wildman–Crippen LogP) is 3.47. The van der Waals surface area contributed by atoms with Crippen molar-refractivity contribution in [1.82, 2.24) is 19.7 Å². The van der Waals surface area contributed by atoms with Crippen LogP contribution in [0, 0.1) is 0 Å². The van der Waals surface area contributed by atoms with Crippen molar-refractivity contribution in [2.24, 2.45) is 0 Å². The summed E-state index contributed by atoms with van der Waals surface area (Å²) >= 11 is 0. The Morgan fingerprint density at radius 1 is 0.789 bits per heavy atom. The lowest BCUT2D eigenvalue weighted by Gasteiger charge is -2.29. The zero-order valence-electron chi connectivity index (χ0n) is 22.0. The van der Waals surface area contributed by atoms with Crippen molar-refractivity contribution in [3.05, 3.63) is 48.3 Å². The number of nitrogens with zero attached hydrogens (tertiary/aromatic N) is 5. The number of rotatable bonds is 4. The molecule has 2 bridgehead atoms. The Balaban J connectivity index is 1.47. The predicted molar refractivity (Wildman–Crippen MR) is 145 cm³/mol. The highest BCUT2D eigenvalue weighted by Crippen LogP contribution is 2.34. The molecule has 2 aromatic rings. The largest absolute Gasteiger partial charge is 0.491 e. The van der Waals surface area contributed by atoms with Crippen LogP contribution in [0.4, 0.5) is 11.4 Å². The average molecular weight is 520 g/mol. The normalized spacial score (nSPS) is 18.7. The van der Waals surface area contributed by atoms with Crippen molar-refractivity contribution in [2.45, 2.75) is 44.9 Å². The first-order valence-electron chi connectivity index (χ1n) is 13.9. The maximum absolute atomic E-state index is 13.7. The van der Waals surface area contributed by atoms with E-state index in [1.807, 2.05) is 39.0 Å². The molecule has 0 saturated carbocycles. The maximum atomic E-state index is 13.7. The summed E-state index contributed by atoms with van der Waals surface area (Å²) in [5.41, 5.74) is 1.82. The third kappa shape index (κ3) is 6.09. The second-order valence-electron chi connectivity index (χ2n) is 10.3. The zero-order valence-corrected chi connectivity index (χ0v) is 22.0. The third-order valence-electron chi connectivity index (χ3n) is 7.59. The lowest BCUT2D eigenvalue weighted by atomic mass is 10.1. The quantitative estimate of drug-likeness (QED) is 0.615. The third-order valence-corrected chi connectivity index (χ3v) is 7.59. The fraction of sp³-hybridized carbons (Fsp3) is 0.517. The molecule has 0 atom stereocenters. The van der Waals surface area contributed by atoms with E-state index in [2.05, 4.69) is 4.98 Å². The topological polar surface area (TPSA) is 86.3 Å². The summed E-state index contributed by atoms with van der Waals surface area (Å²) in [6.07, 6.45) is 9.78. The molecule has 4 heterocycles. The average Bonchev–Trinajstić information content (AvgIpc) is 3.68. The Bertz CT molecular complexity index is 1140. The van der Waals surface area contributed by atoms with Gasteiger partial charge in [-0.3, -0.25) is 19.4 Å². The van der Waals surface area contributed by atoms with Gasteiger partial charge < -0.3 is 24.3 Å². The van der Waals surface area contributed by atoms with Crippen molar-refractivity contribution >= 4 is 29.1 Å². The standard InChI is InChI=1S/C29H37N5O4/c35-27(31-12-5-6-13-31)21-33-16-4-1-9-17-38-26-11-3-2-10-25(26)34(22-28(36)32-14-7-8-15-32)24-18-23(29(33)37)19-30-20-24/h2-3,10-11,18-20H,1,4-9,12-17,21-22H2. The minimum Gasteiger partial charge on any atom is -0.491 e. The summed E-state index contributed by atoms with van der Waals surface area (Å²) in [7, 11) is 0. The molecule has 0 aliphatic carbocycles. The number of fused-ring (bicyclic) bond motifs is 3. The van der Waals surface area contributed by atoms with Crippen LogP contribution in [-0.2, 0) is 9.59 Å². The highest BCUT2D eigenvalue weighted by molar-refractivity contribution is 5.97. The number of likely N-dealkylation sites (tertiary alicyclic amines) is 2. The number of amides is 3. The first-order chi connectivity index (χ1) is 18.6. The van der Waals surface area contributed by atoms with Gasteiger partial charge >= 0.3 is 0 Å². The highest BCUT2D eigenvalue weighted by atomic mass is 16.5. The molecule has 3 amide bonds. The summed E-state index contributed by atoms with van der Waals surface area (Å²) in [5, 5.41) is 0. The molecule has 3 aliphatic heterocycles. The van der Waals surface area contributed by atoms with E-state index in [1.54, 1.807) is 23.4 Å². The van der Waals surface area contributed by atoms with Crippen LogP contribution in [-0.4, -0.2) is 89.8 Å². The lowest BCUT2D eigenvalue weighted by molar-refractivity contribution is -0.131. The molecule has 5 rings (SSSR count). The van der Waals surface area contributed by atoms with Crippen LogP contribution in [0.1, 0.15) is 55.3 Å². The van der Waals surface area contributed by atoms with E-state index in [0.29, 0.717) is 30.2 Å². The van der Waals surface area contributed by atoms with Gasteiger partial charge in [-0.25, -0.2) is 0 Å². The highest BCUT2D eigenvalue weighted by Gasteiger charge is 2.27. The van der Waals surface area contributed by atoms with Crippen LogP contribution < -0.4 is 9.64 Å². The van der Waals surface area contributed by atoms with Crippen LogP contribution >= 0.6 is 0 Å². The summed E-state index contributed by atoms with van der Waals surface area (Å²) in [6, 6.07) is 9.49. The number of aromatic nitrogens is 1. The second-order valence-corrected chi connectivity index (χ2v) is 10.3. The minimum atomic E-state index is -0.209. The number of hydrogen-bond acceptors (Lipinski definition) is 6. The van der Waals surface area contributed by atoms with E-state index < -0.39 is 0 Å². The smallest absolute Gasteiger partial charge is 0.255 e. The van der Waals surface area contributed by atoms with Gasteiger partial charge in [0, 0.05) is 38.9 Å². The molecule has 9 nitrogen and oxygen atoms in total. The number of carbonyl (C=O) groups excluding carboxylic acids is 3. The summed E-state index contributed by atoms with van der Waals surface area (Å²) in [6.45, 7) is 4.27. The van der Waals surface area contributed by atoms with Crippen molar-refractivity contribution < 1.29 is 19.1 Å². The van der Waals surface area contributed by atoms with Crippen LogP contribution in [0.15, 0.2) is 42.7 Å². The van der Waals surface area contributed by atoms with Gasteiger partial charge in [0.15, 0.2) is 0 Å². The van der Waals surface area contributed by atoms with Crippen molar-refractivity contribution in [1.29, 1.82) is 0 Å². The first-order valence-corrected chi connectivity index (χ1v) is 13.9. The Kier molecular flexibility index (Phi) is 8.41. The molecule has 0 unspecified atom stereocenters. The number of carbonyl (C=O) groups is 3. The van der Waals surface area contributed by atoms with E-state index in [9.17, 15) is 14.4 Å². The van der Waals surface area contributed by atoms with Crippen molar-refractivity contribution in [3.8, 4) is 5.75 Å². The Labute approximate surface area is 224 Å². The van der Waals surface area contributed by atoms with Crippen molar-refractivity contribution in [3.63, 3.8) is 0 Å². The van der Waals surface area contributed by atoms with E-state index in [4.69, 9.17) is 4.74 Å². The van der Waals surface area contributed by atoms with Gasteiger partial charge in [-0.1, -0.05) is 12.1 Å². The molecule has 38 heavy (non-hydrogen) atoms. The molecule has 0 N–H and O–H groups in total. The molecule has 3 aliphatic rings. The zero-order chi connectivity index (χ0) is 26.3. The number of ether oxygens (including phenoxy) is 1. The van der Waals surface area contributed by atoms with Crippen LogP contribution in [0.3, 0.4) is 0 Å². The van der Waals surface area contributed by atoms with Gasteiger partial charge in [0.2, 0.25) is 11.8 Å². The van der Waals surface area contributed by atoms with Crippen LogP contribution in [0.5, 0.6) is 5.75 Å². The van der Waals surface area contributed by atoms with Gasteiger partial charge in [-0.2, -0.15) is 0 Å². The molecule has 0 spiro atoms. The molecule has 1 aromatic heterocycles. The number of para-hydroxylation sites is 2. The van der Waals surface area contributed by atoms with Gasteiger partial charge in [-0.15, -0.1) is 0 Å².